The van der Waals surface area contributed by atoms with Gasteiger partial charge in [0.05, 0.1) is 0 Å². The monoisotopic (exact) mass is 195 g/mol. The second-order valence-electron chi connectivity index (χ2n) is 3.64. The number of nitrogens with zero attached hydrogens (tertiary/aromatic N) is 2. The number of rotatable bonds is 1. The minimum Gasteiger partial charge on any atom is -0.369 e. The van der Waals surface area contributed by atoms with Gasteiger partial charge in [-0.1, -0.05) is 0 Å². The van der Waals surface area contributed by atoms with Gasteiger partial charge in [-0.3, -0.25) is 0 Å². The Morgan fingerprint density at radius 2 is 2.50 bits per heavy atom. The number of nitrogens with one attached hydrogen (secondary N) is 1. The van der Waals surface area contributed by atoms with Crippen LogP contribution >= 0.6 is 0 Å². The molecule has 1 aliphatic heterocycles. The van der Waals surface area contributed by atoms with Crippen molar-refractivity contribution in [1.82, 2.24) is 10.3 Å². The van der Waals surface area contributed by atoms with Gasteiger partial charge >= 0.3 is 0 Å². The van der Waals surface area contributed by atoms with Crippen LogP contribution in [0.5, 0.6) is 0 Å². The van der Waals surface area contributed by atoms with Crippen molar-refractivity contribution >= 4 is 5.69 Å². The maximum atomic E-state index is 12.9. The van der Waals surface area contributed by atoms with E-state index < -0.39 is 5.95 Å². The summed E-state index contributed by atoms with van der Waals surface area (Å²) in [5.41, 5.74) is 0.922. The summed E-state index contributed by atoms with van der Waals surface area (Å²) in [5, 5.41) is 3.35. The molecule has 1 N–H and O–H groups in total. The second-order valence-corrected chi connectivity index (χ2v) is 3.64. The average molecular weight is 195 g/mol. The molecular weight excluding hydrogens is 181 g/mol. The molecule has 1 aliphatic rings. The van der Waals surface area contributed by atoms with Crippen LogP contribution in [0.1, 0.15) is 6.92 Å². The van der Waals surface area contributed by atoms with Crippen LogP contribution in [0.2, 0.25) is 0 Å². The Bertz CT molecular complexity index is 316. The number of halogens is 1. The van der Waals surface area contributed by atoms with Crippen LogP contribution < -0.4 is 10.2 Å². The lowest BCUT2D eigenvalue weighted by atomic mass is 10.2. The molecule has 0 spiro atoms. The molecule has 0 saturated carbocycles. The van der Waals surface area contributed by atoms with E-state index >= 15 is 0 Å². The summed E-state index contributed by atoms with van der Waals surface area (Å²) in [6.45, 7) is 4.92. The molecule has 0 bridgehead atoms. The fraction of sp³-hybridized carbons (Fsp3) is 0.500. The molecule has 0 unspecified atom stereocenters. The number of aromatic nitrogens is 1. The number of anilines is 1. The summed E-state index contributed by atoms with van der Waals surface area (Å²) in [6.07, 6.45) is 1.51. The molecule has 1 atom stereocenters. The van der Waals surface area contributed by atoms with E-state index in [1.165, 1.54) is 12.3 Å². The zero-order valence-corrected chi connectivity index (χ0v) is 8.20. The highest BCUT2D eigenvalue weighted by atomic mass is 19.1. The van der Waals surface area contributed by atoms with Crippen molar-refractivity contribution < 1.29 is 4.39 Å². The number of hydrogen-bond acceptors (Lipinski definition) is 3. The molecular formula is C10H14FN3. The Morgan fingerprint density at radius 1 is 1.64 bits per heavy atom. The fourth-order valence-electron chi connectivity index (χ4n) is 1.76. The Labute approximate surface area is 82.9 Å². The van der Waals surface area contributed by atoms with Crippen molar-refractivity contribution in [3.63, 3.8) is 0 Å². The van der Waals surface area contributed by atoms with E-state index in [4.69, 9.17) is 0 Å². The van der Waals surface area contributed by atoms with Gasteiger partial charge in [-0.2, -0.15) is 4.39 Å². The van der Waals surface area contributed by atoms with Crippen molar-refractivity contribution in [2.75, 3.05) is 24.5 Å². The minimum atomic E-state index is -0.409. The first-order valence-electron chi connectivity index (χ1n) is 4.85. The van der Waals surface area contributed by atoms with Crippen LogP contribution in [0.4, 0.5) is 10.1 Å². The Hall–Kier alpha value is -1.16. The topological polar surface area (TPSA) is 28.2 Å². The van der Waals surface area contributed by atoms with E-state index in [2.05, 4.69) is 22.1 Å². The van der Waals surface area contributed by atoms with Crippen molar-refractivity contribution in [1.29, 1.82) is 0 Å². The van der Waals surface area contributed by atoms with Crippen LogP contribution in [0, 0.1) is 5.95 Å². The molecule has 0 amide bonds. The van der Waals surface area contributed by atoms with E-state index in [9.17, 15) is 4.39 Å². The highest BCUT2D eigenvalue weighted by molar-refractivity contribution is 5.45. The largest absolute Gasteiger partial charge is 0.369 e. The van der Waals surface area contributed by atoms with Gasteiger partial charge in [0.1, 0.15) is 0 Å². The van der Waals surface area contributed by atoms with Crippen molar-refractivity contribution in [2.24, 2.45) is 0 Å². The zero-order valence-electron chi connectivity index (χ0n) is 8.20. The van der Waals surface area contributed by atoms with Crippen LogP contribution in [0.15, 0.2) is 18.3 Å². The summed E-state index contributed by atoms with van der Waals surface area (Å²) < 4.78 is 12.9. The summed E-state index contributed by atoms with van der Waals surface area (Å²) in [7, 11) is 0. The lowest BCUT2D eigenvalue weighted by Gasteiger charge is -2.33. The lowest BCUT2D eigenvalue weighted by Crippen LogP contribution is -2.49. The first-order valence-corrected chi connectivity index (χ1v) is 4.85. The number of pyridine rings is 1. The van der Waals surface area contributed by atoms with E-state index in [0.29, 0.717) is 6.04 Å². The molecule has 14 heavy (non-hydrogen) atoms. The first kappa shape index (κ1) is 9.40. The van der Waals surface area contributed by atoms with Gasteiger partial charge in [-0.15, -0.1) is 0 Å². The summed E-state index contributed by atoms with van der Waals surface area (Å²) in [5.74, 6) is -0.409. The molecule has 0 aromatic carbocycles. The summed E-state index contributed by atoms with van der Waals surface area (Å²) in [6, 6.07) is 3.79. The van der Waals surface area contributed by atoms with Crippen molar-refractivity contribution in [3.8, 4) is 0 Å². The van der Waals surface area contributed by atoms with E-state index in [0.717, 1.165) is 25.3 Å². The lowest BCUT2D eigenvalue weighted by molar-refractivity contribution is 0.483. The van der Waals surface area contributed by atoms with Gasteiger partial charge in [0.2, 0.25) is 5.95 Å². The molecule has 0 aliphatic carbocycles. The van der Waals surface area contributed by atoms with Gasteiger partial charge in [0.25, 0.3) is 0 Å². The highest BCUT2D eigenvalue weighted by Crippen LogP contribution is 2.15. The molecule has 1 aromatic heterocycles. The molecule has 2 heterocycles. The summed E-state index contributed by atoms with van der Waals surface area (Å²) >= 11 is 0. The molecule has 76 valence electrons. The molecule has 1 saturated heterocycles. The second kappa shape index (κ2) is 3.92. The van der Waals surface area contributed by atoms with Crippen LogP contribution in [0.25, 0.3) is 0 Å². The van der Waals surface area contributed by atoms with Crippen LogP contribution in [0.3, 0.4) is 0 Å². The molecule has 0 radical (unpaired) electrons. The molecule has 4 heteroatoms. The predicted octanol–water partition coefficient (Wildman–Crippen LogP) is 1.02. The zero-order chi connectivity index (χ0) is 9.97. The van der Waals surface area contributed by atoms with Gasteiger partial charge in [-0.25, -0.2) is 4.98 Å². The van der Waals surface area contributed by atoms with Gasteiger partial charge in [0.15, 0.2) is 0 Å². The standard InChI is InChI=1S/C10H14FN3/c1-8-7-14(5-4-12-8)9-2-3-13-10(11)6-9/h2-3,6,8,12H,4-5,7H2,1H3/t8-/m1/s1. The van der Waals surface area contributed by atoms with Gasteiger partial charge in [-0.05, 0) is 13.0 Å². The number of piperazine rings is 1. The maximum Gasteiger partial charge on any atom is 0.214 e. The Kier molecular flexibility index (Phi) is 2.63. The van der Waals surface area contributed by atoms with E-state index in [1.54, 1.807) is 0 Å². The molecule has 1 aromatic rings. The quantitative estimate of drug-likeness (QED) is 0.678. The fourth-order valence-corrected chi connectivity index (χ4v) is 1.76. The Balaban J connectivity index is 2.14. The van der Waals surface area contributed by atoms with Gasteiger partial charge < -0.3 is 10.2 Å². The molecule has 2 rings (SSSR count). The third-order valence-electron chi connectivity index (χ3n) is 2.44. The minimum absolute atomic E-state index is 0.409. The van der Waals surface area contributed by atoms with Crippen LogP contribution in [-0.4, -0.2) is 30.7 Å². The predicted molar refractivity (Wildman–Crippen MR) is 53.9 cm³/mol. The maximum absolute atomic E-state index is 12.9. The molecule has 3 nitrogen and oxygen atoms in total. The van der Waals surface area contributed by atoms with Gasteiger partial charge in [0, 0.05) is 43.6 Å². The number of hydrogen-bond donors (Lipinski definition) is 1. The Morgan fingerprint density at radius 3 is 3.21 bits per heavy atom. The normalized spacial score (nSPS) is 22.4. The third kappa shape index (κ3) is 2.01. The van der Waals surface area contributed by atoms with E-state index in [1.807, 2.05) is 6.07 Å². The SMILES string of the molecule is C[C@@H]1CN(c2ccnc(F)c2)CCN1. The first-order chi connectivity index (χ1) is 6.75. The highest BCUT2D eigenvalue weighted by Gasteiger charge is 2.15. The average Bonchev–Trinajstić information content (AvgIpc) is 2.18. The van der Waals surface area contributed by atoms with E-state index in [-0.39, 0.29) is 0 Å². The van der Waals surface area contributed by atoms with Crippen molar-refractivity contribution in [3.05, 3.63) is 24.3 Å². The van der Waals surface area contributed by atoms with Crippen molar-refractivity contribution in [2.45, 2.75) is 13.0 Å². The molecule has 1 fully saturated rings. The summed E-state index contributed by atoms with van der Waals surface area (Å²) in [4.78, 5) is 5.72. The smallest absolute Gasteiger partial charge is 0.214 e. The van der Waals surface area contributed by atoms with Crippen LogP contribution in [-0.2, 0) is 0 Å². The third-order valence-corrected chi connectivity index (χ3v) is 2.44.